The molecule has 0 fully saturated rings. The molecule has 0 bridgehead atoms. The van der Waals surface area contributed by atoms with Gasteiger partial charge in [-0.25, -0.2) is 4.99 Å². The van der Waals surface area contributed by atoms with Gasteiger partial charge in [0.1, 0.15) is 0 Å². The van der Waals surface area contributed by atoms with Crippen molar-refractivity contribution >= 4 is 11.9 Å². The molecule has 1 heterocycles. The van der Waals surface area contributed by atoms with Crippen molar-refractivity contribution in [3.05, 3.63) is 0 Å². The van der Waals surface area contributed by atoms with Gasteiger partial charge < -0.3 is 5.73 Å². The van der Waals surface area contributed by atoms with Crippen LogP contribution in [0.1, 0.15) is 33.1 Å². The summed E-state index contributed by atoms with van der Waals surface area (Å²) < 4.78 is 0. The van der Waals surface area contributed by atoms with Crippen LogP contribution < -0.4 is 5.73 Å². The average molecular weight is 183 g/mol. The molecule has 0 spiro atoms. The lowest BCUT2D eigenvalue weighted by Gasteiger charge is -2.34. The Balaban J connectivity index is 2.98. The van der Waals surface area contributed by atoms with Gasteiger partial charge in [0, 0.05) is 7.05 Å². The van der Waals surface area contributed by atoms with E-state index in [0.29, 0.717) is 12.4 Å². The van der Waals surface area contributed by atoms with Crippen LogP contribution in [0.3, 0.4) is 0 Å². The van der Waals surface area contributed by atoms with E-state index < -0.39 is 0 Å². The summed E-state index contributed by atoms with van der Waals surface area (Å²) in [6.45, 7) is 4.08. The Morgan fingerprint density at radius 1 is 1.54 bits per heavy atom. The van der Waals surface area contributed by atoms with Crippen molar-refractivity contribution in [3.63, 3.8) is 0 Å². The van der Waals surface area contributed by atoms with Gasteiger partial charge in [0.25, 0.3) is 0 Å². The molecule has 74 valence electrons. The second-order valence-corrected chi connectivity index (χ2v) is 3.53. The zero-order chi connectivity index (χ0) is 10.1. The van der Waals surface area contributed by atoms with E-state index in [-0.39, 0.29) is 11.4 Å². The number of carbonyl (C=O) groups excluding carboxylic acids is 1. The van der Waals surface area contributed by atoms with E-state index in [0.717, 1.165) is 12.8 Å². The number of nitrogens with zero attached hydrogens (tertiary/aromatic N) is 2. The van der Waals surface area contributed by atoms with Crippen LogP contribution in [-0.2, 0) is 4.79 Å². The fraction of sp³-hybridized carbons (Fsp3) is 0.778. The second kappa shape index (κ2) is 3.36. The maximum atomic E-state index is 11.5. The molecule has 0 unspecified atom stereocenters. The lowest BCUT2D eigenvalue weighted by molar-refractivity contribution is -0.128. The number of amides is 1. The molecule has 0 radical (unpaired) electrons. The molecule has 1 rings (SSSR count). The van der Waals surface area contributed by atoms with Gasteiger partial charge in [-0.05, 0) is 12.8 Å². The SMILES string of the molecule is CCC1(CC)CC(=O)N(C)C(N)=N1. The quantitative estimate of drug-likeness (QED) is 0.685. The maximum absolute atomic E-state index is 11.5. The van der Waals surface area contributed by atoms with Gasteiger partial charge in [-0.1, -0.05) is 13.8 Å². The first-order valence-corrected chi connectivity index (χ1v) is 4.66. The smallest absolute Gasteiger partial charge is 0.231 e. The van der Waals surface area contributed by atoms with Crippen molar-refractivity contribution in [1.82, 2.24) is 4.90 Å². The molecule has 2 N–H and O–H groups in total. The van der Waals surface area contributed by atoms with E-state index in [4.69, 9.17) is 5.73 Å². The van der Waals surface area contributed by atoms with Crippen molar-refractivity contribution in [1.29, 1.82) is 0 Å². The number of rotatable bonds is 2. The van der Waals surface area contributed by atoms with Crippen LogP contribution in [0.25, 0.3) is 0 Å². The minimum absolute atomic E-state index is 0.0659. The van der Waals surface area contributed by atoms with Crippen LogP contribution >= 0.6 is 0 Å². The van der Waals surface area contributed by atoms with E-state index in [2.05, 4.69) is 4.99 Å². The van der Waals surface area contributed by atoms with E-state index in [1.54, 1.807) is 7.05 Å². The Morgan fingerprint density at radius 2 is 2.08 bits per heavy atom. The van der Waals surface area contributed by atoms with Gasteiger partial charge in [-0.15, -0.1) is 0 Å². The molecule has 1 aliphatic rings. The zero-order valence-electron chi connectivity index (χ0n) is 8.50. The molecule has 0 aromatic rings. The van der Waals surface area contributed by atoms with Crippen LogP contribution in [0.15, 0.2) is 4.99 Å². The summed E-state index contributed by atoms with van der Waals surface area (Å²) in [6.07, 6.45) is 2.21. The van der Waals surface area contributed by atoms with Crippen LogP contribution in [-0.4, -0.2) is 29.4 Å². The normalized spacial score (nSPS) is 21.6. The Morgan fingerprint density at radius 3 is 2.46 bits per heavy atom. The monoisotopic (exact) mass is 183 g/mol. The first-order valence-electron chi connectivity index (χ1n) is 4.66. The molecule has 0 aromatic carbocycles. The fourth-order valence-corrected chi connectivity index (χ4v) is 1.54. The third-order valence-corrected chi connectivity index (χ3v) is 2.87. The standard InChI is InChI=1S/C9H17N3O/c1-4-9(5-2)6-7(13)12(3)8(10)11-9/h4-6H2,1-3H3,(H2,10,11). The highest BCUT2D eigenvalue weighted by Crippen LogP contribution is 2.28. The lowest BCUT2D eigenvalue weighted by atomic mass is 9.88. The second-order valence-electron chi connectivity index (χ2n) is 3.53. The predicted octanol–water partition coefficient (Wildman–Crippen LogP) is 0.722. The van der Waals surface area contributed by atoms with E-state index >= 15 is 0 Å². The van der Waals surface area contributed by atoms with Crippen LogP contribution in [0.4, 0.5) is 0 Å². The largest absolute Gasteiger partial charge is 0.369 e. The average Bonchev–Trinajstić information content (AvgIpc) is 2.13. The number of hydrogen-bond donors (Lipinski definition) is 1. The molecule has 4 heteroatoms. The summed E-state index contributed by atoms with van der Waals surface area (Å²) in [5, 5.41) is 0. The number of carbonyl (C=O) groups is 1. The molecular weight excluding hydrogens is 166 g/mol. The van der Waals surface area contributed by atoms with Gasteiger partial charge in [-0.2, -0.15) is 0 Å². The topological polar surface area (TPSA) is 58.7 Å². The summed E-state index contributed by atoms with van der Waals surface area (Å²) in [4.78, 5) is 17.3. The summed E-state index contributed by atoms with van der Waals surface area (Å²) in [5.41, 5.74) is 5.41. The summed E-state index contributed by atoms with van der Waals surface area (Å²) in [5.74, 6) is 0.413. The molecule has 0 atom stereocenters. The van der Waals surface area contributed by atoms with Crippen LogP contribution in [0.5, 0.6) is 0 Å². The van der Waals surface area contributed by atoms with Crippen molar-refractivity contribution in [2.24, 2.45) is 10.7 Å². The van der Waals surface area contributed by atoms with Gasteiger partial charge >= 0.3 is 0 Å². The van der Waals surface area contributed by atoms with Crippen molar-refractivity contribution in [3.8, 4) is 0 Å². The number of guanidine groups is 1. The van der Waals surface area contributed by atoms with Gasteiger partial charge in [-0.3, -0.25) is 9.69 Å². The third kappa shape index (κ3) is 1.66. The predicted molar refractivity (Wildman–Crippen MR) is 52.3 cm³/mol. The minimum atomic E-state index is -0.242. The highest BCUT2D eigenvalue weighted by Gasteiger charge is 2.35. The molecule has 0 aliphatic carbocycles. The molecule has 13 heavy (non-hydrogen) atoms. The number of nitrogens with two attached hydrogens (primary N) is 1. The van der Waals surface area contributed by atoms with Gasteiger partial charge in [0.05, 0.1) is 12.0 Å². The summed E-state index contributed by atoms with van der Waals surface area (Å²) in [6, 6.07) is 0. The Hall–Kier alpha value is -1.06. The Bertz CT molecular complexity index is 243. The van der Waals surface area contributed by atoms with Crippen molar-refractivity contribution in [2.45, 2.75) is 38.6 Å². The number of hydrogen-bond acceptors (Lipinski definition) is 3. The van der Waals surface area contributed by atoms with E-state index in [1.807, 2.05) is 13.8 Å². The van der Waals surface area contributed by atoms with Crippen molar-refractivity contribution in [2.75, 3.05) is 7.05 Å². The molecule has 0 saturated heterocycles. The minimum Gasteiger partial charge on any atom is -0.369 e. The zero-order valence-corrected chi connectivity index (χ0v) is 8.50. The van der Waals surface area contributed by atoms with Crippen LogP contribution in [0.2, 0.25) is 0 Å². The highest BCUT2D eigenvalue weighted by atomic mass is 16.2. The maximum Gasteiger partial charge on any atom is 0.231 e. The highest BCUT2D eigenvalue weighted by molar-refractivity contribution is 5.98. The van der Waals surface area contributed by atoms with E-state index in [1.165, 1.54) is 4.90 Å². The first kappa shape index (κ1) is 10.0. The molecule has 0 saturated carbocycles. The van der Waals surface area contributed by atoms with Gasteiger partial charge in [0.15, 0.2) is 5.96 Å². The van der Waals surface area contributed by atoms with Crippen molar-refractivity contribution < 1.29 is 4.79 Å². The Labute approximate surface area is 78.8 Å². The van der Waals surface area contributed by atoms with E-state index in [9.17, 15) is 4.79 Å². The molecule has 1 aliphatic heterocycles. The third-order valence-electron chi connectivity index (χ3n) is 2.87. The summed E-state index contributed by atoms with van der Waals surface area (Å²) in [7, 11) is 1.66. The molecule has 1 amide bonds. The Kier molecular flexibility index (Phi) is 2.59. The first-order chi connectivity index (χ1) is 6.04. The number of aliphatic imine (C=N–C) groups is 1. The van der Waals surface area contributed by atoms with Crippen LogP contribution in [0, 0.1) is 0 Å². The molecule has 4 nitrogen and oxygen atoms in total. The molecule has 0 aromatic heterocycles. The summed E-state index contributed by atoms with van der Waals surface area (Å²) >= 11 is 0. The molecular formula is C9H17N3O. The fourth-order valence-electron chi connectivity index (χ4n) is 1.54. The lowest BCUT2D eigenvalue weighted by Crippen LogP contribution is -2.49. The van der Waals surface area contributed by atoms with Gasteiger partial charge in [0.2, 0.25) is 5.91 Å².